The summed E-state index contributed by atoms with van der Waals surface area (Å²) < 4.78 is 10.3. The zero-order chi connectivity index (χ0) is 15.6. The van der Waals surface area contributed by atoms with Gasteiger partial charge in [0, 0.05) is 0 Å². The molecular weight excluding hydrogens is 272 g/mol. The van der Waals surface area contributed by atoms with Gasteiger partial charge in [-0.05, 0) is 44.4 Å². The molecule has 112 valence electrons. The molecule has 1 atom stereocenters. The van der Waals surface area contributed by atoms with Crippen molar-refractivity contribution in [2.75, 3.05) is 13.2 Å². The molecule has 1 aromatic rings. The molecule has 0 saturated carbocycles. The largest absolute Gasteiger partial charge is 0.493 e. The van der Waals surface area contributed by atoms with Gasteiger partial charge < -0.3 is 9.47 Å². The van der Waals surface area contributed by atoms with Crippen molar-refractivity contribution in [2.24, 2.45) is 5.92 Å². The van der Waals surface area contributed by atoms with Gasteiger partial charge in [-0.3, -0.25) is 9.59 Å². The number of hydrogen-bond acceptors (Lipinski definition) is 5. The van der Waals surface area contributed by atoms with E-state index < -0.39 is 17.7 Å². The molecule has 0 N–H and O–H groups in total. The Hall–Kier alpha value is -2.17. The van der Waals surface area contributed by atoms with Crippen molar-refractivity contribution < 1.29 is 23.9 Å². The number of fused-ring (bicyclic) bond motifs is 1. The summed E-state index contributed by atoms with van der Waals surface area (Å²) in [6, 6.07) is 3.46. The number of ketones is 2. The van der Waals surface area contributed by atoms with E-state index in [1.807, 2.05) is 19.9 Å². The number of esters is 1. The third-order valence-corrected chi connectivity index (χ3v) is 3.70. The van der Waals surface area contributed by atoms with Crippen LogP contribution in [0.25, 0.3) is 0 Å². The van der Waals surface area contributed by atoms with E-state index in [0.717, 1.165) is 11.1 Å². The Morgan fingerprint density at radius 2 is 2.05 bits per heavy atom. The number of benzene rings is 1. The molecule has 1 unspecified atom stereocenters. The van der Waals surface area contributed by atoms with E-state index in [2.05, 4.69) is 0 Å². The quantitative estimate of drug-likeness (QED) is 0.484. The van der Waals surface area contributed by atoms with Gasteiger partial charge in [0.1, 0.15) is 5.75 Å². The van der Waals surface area contributed by atoms with E-state index in [4.69, 9.17) is 9.47 Å². The predicted molar refractivity (Wildman–Crippen MR) is 75.5 cm³/mol. The van der Waals surface area contributed by atoms with Crippen LogP contribution in [0.4, 0.5) is 0 Å². The molecule has 0 spiro atoms. The molecule has 21 heavy (non-hydrogen) atoms. The molecule has 0 aliphatic carbocycles. The fraction of sp³-hybridized carbons (Fsp3) is 0.438. The predicted octanol–water partition coefficient (Wildman–Crippen LogP) is 2.02. The van der Waals surface area contributed by atoms with Crippen LogP contribution in [-0.4, -0.2) is 30.7 Å². The molecule has 0 fully saturated rings. The Morgan fingerprint density at radius 1 is 1.33 bits per heavy atom. The average molecular weight is 290 g/mol. The van der Waals surface area contributed by atoms with Gasteiger partial charge >= 0.3 is 5.97 Å². The maximum Gasteiger partial charge on any atom is 0.375 e. The van der Waals surface area contributed by atoms with Crippen molar-refractivity contribution in [3.05, 3.63) is 28.8 Å². The second kappa shape index (κ2) is 6.08. The van der Waals surface area contributed by atoms with Gasteiger partial charge in [-0.1, -0.05) is 6.07 Å². The molecule has 0 aromatic heterocycles. The van der Waals surface area contributed by atoms with Crippen molar-refractivity contribution in [1.82, 2.24) is 0 Å². The van der Waals surface area contributed by atoms with E-state index in [0.29, 0.717) is 11.3 Å². The molecule has 1 heterocycles. The normalized spacial score (nSPS) is 17.5. The summed E-state index contributed by atoms with van der Waals surface area (Å²) in [4.78, 5) is 36.2. The maximum absolute atomic E-state index is 12.5. The molecule has 5 heteroatoms. The minimum absolute atomic E-state index is 0.108. The van der Waals surface area contributed by atoms with E-state index in [9.17, 15) is 14.4 Å². The summed E-state index contributed by atoms with van der Waals surface area (Å²) in [6.07, 6.45) is 0.184. The van der Waals surface area contributed by atoms with Crippen molar-refractivity contribution in [2.45, 2.75) is 27.2 Å². The lowest BCUT2D eigenvalue weighted by Gasteiger charge is -2.12. The van der Waals surface area contributed by atoms with Crippen LogP contribution in [-0.2, 0) is 14.3 Å². The van der Waals surface area contributed by atoms with E-state index in [-0.39, 0.29) is 25.4 Å². The van der Waals surface area contributed by atoms with Gasteiger partial charge in [-0.15, -0.1) is 0 Å². The Kier molecular flexibility index (Phi) is 4.40. The minimum atomic E-state index is -1.02. The van der Waals surface area contributed by atoms with Gasteiger partial charge in [0.2, 0.25) is 0 Å². The van der Waals surface area contributed by atoms with Crippen LogP contribution in [0, 0.1) is 19.8 Å². The molecule has 0 radical (unpaired) electrons. The van der Waals surface area contributed by atoms with Crippen LogP contribution in [0.15, 0.2) is 12.1 Å². The molecule has 1 aliphatic rings. The minimum Gasteiger partial charge on any atom is -0.493 e. The number of carbonyl (C=O) groups excluding carboxylic acids is 3. The van der Waals surface area contributed by atoms with Gasteiger partial charge in [-0.2, -0.15) is 0 Å². The molecule has 0 amide bonds. The molecule has 1 aromatic carbocycles. The van der Waals surface area contributed by atoms with E-state index in [1.54, 1.807) is 13.0 Å². The van der Waals surface area contributed by atoms with E-state index in [1.165, 1.54) is 0 Å². The highest BCUT2D eigenvalue weighted by Crippen LogP contribution is 2.32. The number of ether oxygens (including phenoxy) is 2. The zero-order valence-electron chi connectivity index (χ0n) is 12.4. The van der Waals surface area contributed by atoms with Crippen molar-refractivity contribution >= 4 is 17.5 Å². The van der Waals surface area contributed by atoms with Crippen LogP contribution in [0.5, 0.6) is 5.75 Å². The molecule has 1 aliphatic heterocycles. The highest BCUT2D eigenvalue weighted by molar-refractivity contribution is 6.39. The molecule has 0 saturated heterocycles. The van der Waals surface area contributed by atoms with Crippen molar-refractivity contribution in [3.63, 3.8) is 0 Å². The number of aryl methyl sites for hydroxylation is 1. The molecule has 5 nitrogen and oxygen atoms in total. The fourth-order valence-corrected chi connectivity index (χ4v) is 2.36. The van der Waals surface area contributed by atoms with Crippen LogP contribution in [0.1, 0.15) is 34.8 Å². The van der Waals surface area contributed by atoms with Gasteiger partial charge in [0.05, 0.1) is 24.7 Å². The summed E-state index contributed by atoms with van der Waals surface area (Å²) in [5, 5.41) is 0. The summed E-state index contributed by atoms with van der Waals surface area (Å²) in [5.41, 5.74) is 2.25. The second-order valence-corrected chi connectivity index (χ2v) is 5.02. The summed E-state index contributed by atoms with van der Waals surface area (Å²) >= 11 is 0. The third kappa shape index (κ3) is 2.82. The van der Waals surface area contributed by atoms with Crippen LogP contribution < -0.4 is 4.74 Å². The molecule has 0 bridgehead atoms. The molecule has 2 rings (SSSR count). The van der Waals surface area contributed by atoms with Crippen LogP contribution in [0.2, 0.25) is 0 Å². The van der Waals surface area contributed by atoms with Crippen LogP contribution >= 0.6 is 0 Å². The van der Waals surface area contributed by atoms with Crippen molar-refractivity contribution in [1.29, 1.82) is 0 Å². The maximum atomic E-state index is 12.5. The Morgan fingerprint density at radius 3 is 2.71 bits per heavy atom. The topological polar surface area (TPSA) is 69.7 Å². The Labute approximate surface area is 123 Å². The lowest BCUT2D eigenvalue weighted by atomic mass is 9.90. The van der Waals surface area contributed by atoms with Crippen molar-refractivity contribution in [3.8, 4) is 5.75 Å². The van der Waals surface area contributed by atoms with Gasteiger partial charge in [0.15, 0.2) is 5.78 Å². The van der Waals surface area contributed by atoms with E-state index >= 15 is 0 Å². The fourth-order valence-electron chi connectivity index (χ4n) is 2.36. The zero-order valence-corrected chi connectivity index (χ0v) is 12.4. The third-order valence-electron chi connectivity index (χ3n) is 3.70. The summed E-state index contributed by atoms with van der Waals surface area (Å²) in [7, 11) is 0. The highest BCUT2D eigenvalue weighted by atomic mass is 16.5. The highest BCUT2D eigenvalue weighted by Gasteiger charge is 2.36. The number of hydrogen-bond donors (Lipinski definition) is 0. The van der Waals surface area contributed by atoms with Gasteiger partial charge in [-0.25, -0.2) is 4.79 Å². The lowest BCUT2D eigenvalue weighted by Crippen LogP contribution is -2.31. The average Bonchev–Trinajstić information content (AvgIpc) is 2.62. The lowest BCUT2D eigenvalue weighted by molar-refractivity contribution is -0.154. The van der Waals surface area contributed by atoms with Crippen LogP contribution in [0.3, 0.4) is 0 Å². The standard InChI is InChI=1S/C16H18O5/c1-4-20-16(19)14(18)11-7-8-21-15-10(3)9(2)5-6-12(15)13(11)17/h5-6,11H,4,7-8H2,1-3H3. The number of rotatable bonds is 3. The Balaban J connectivity index is 2.36. The number of carbonyl (C=O) groups is 3. The first kappa shape index (κ1) is 15.2. The first-order chi connectivity index (χ1) is 9.97. The van der Waals surface area contributed by atoms with Gasteiger partial charge in [0.25, 0.3) is 5.78 Å². The number of Topliss-reactive ketones (excluding diaryl/α,β-unsaturated/α-hetero) is 2. The summed E-state index contributed by atoms with van der Waals surface area (Å²) in [6.45, 7) is 5.74. The smallest absolute Gasteiger partial charge is 0.375 e. The molecular formula is C16H18O5. The first-order valence-corrected chi connectivity index (χ1v) is 6.95. The monoisotopic (exact) mass is 290 g/mol. The SMILES string of the molecule is CCOC(=O)C(=O)C1CCOc2c(ccc(C)c2C)C1=O. The Bertz CT molecular complexity index is 603. The second-order valence-electron chi connectivity index (χ2n) is 5.02. The first-order valence-electron chi connectivity index (χ1n) is 6.95. The summed E-state index contributed by atoms with van der Waals surface area (Å²) in [5.74, 6) is -2.63.